The fraction of sp³-hybridized carbons (Fsp3) is 0.0769. The SMILES string of the molecule is COC(=O)c1ccnc(Nc2c(Cl)cc(F)cc2Cl)c1N. The zero-order chi connectivity index (χ0) is 15.6. The molecular weight excluding hydrogens is 320 g/mol. The maximum atomic E-state index is 13.1. The van der Waals surface area contributed by atoms with Gasteiger partial charge in [0, 0.05) is 6.20 Å². The molecule has 1 heterocycles. The standard InChI is InChI=1S/C13H10Cl2FN3O2/c1-21-13(20)7-2-3-18-12(10(7)17)19-11-8(14)4-6(16)5-9(11)15/h2-5H,17H2,1H3,(H,18,19). The number of nitrogens with two attached hydrogens (primary N) is 1. The summed E-state index contributed by atoms with van der Waals surface area (Å²) in [5.74, 6) is -1.01. The minimum Gasteiger partial charge on any atom is -0.465 e. The highest BCUT2D eigenvalue weighted by atomic mass is 35.5. The Balaban J connectivity index is 2.44. The number of carbonyl (C=O) groups excluding carboxylic acids is 1. The van der Waals surface area contributed by atoms with Crippen molar-refractivity contribution in [1.29, 1.82) is 0 Å². The lowest BCUT2D eigenvalue weighted by Gasteiger charge is -2.13. The third-order valence-corrected chi connectivity index (χ3v) is 3.24. The maximum Gasteiger partial charge on any atom is 0.340 e. The van der Waals surface area contributed by atoms with Crippen molar-refractivity contribution < 1.29 is 13.9 Å². The Kier molecular flexibility index (Phi) is 4.50. The number of benzene rings is 1. The van der Waals surface area contributed by atoms with Gasteiger partial charge in [0.1, 0.15) is 5.82 Å². The van der Waals surface area contributed by atoms with E-state index >= 15 is 0 Å². The highest BCUT2D eigenvalue weighted by Crippen LogP contribution is 2.35. The highest BCUT2D eigenvalue weighted by Gasteiger charge is 2.16. The van der Waals surface area contributed by atoms with Crippen molar-refractivity contribution in [3.8, 4) is 0 Å². The van der Waals surface area contributed by atoms with Crippen LogP contribution in [0.1, 0.15) is 10.4 Å². The predicted octanol–water partition coefficient (Wildman–Crippen LogP) is 3.64. The smallest absolute Gasteiger partial charge is 0.340 e. The lowest BCUT2D eigenvalue weighted by molar-refractivity contribution is 0.0602. The number of esters is 1. The molecule has 0 aliphatic carbocycles. The van der Waals surface area contributed by atoms with Gasteiger partial charge in [0.2, 0.25) is 0 Å². The van der Waals surface area contributed by atoms with Crippen LogP contribution in [0.25, 0.3) is 0 Å². The lowest BCUT2D eigenvalue weighted by Crippen LogP contribution is -2.09. The van der Waals surface area contributed by atoms with Crippen LogP contribution >= 0.6 is 23.2 Å². The first kappa shape index (κ1) is 15.3. The summed E-state index contributed by atoms with van der Waals surface area (Å²) < 4.78 is 17.8. The number of nitrogens with zero attached hydrogens (tertiary/aromatic N) is 1. The van der Waals surface area contributed by atoms with Crippen LogP contribution in [0.4, 0.5) is 21.6 Å². The molecule has 3 N–H and O–H groups in total. The van der Waals surface area contributed by atoms with Crippen molar-refractivity contribution >= 4 is 46.4 Å². The second kappa shape index (κ2) is 6.15. The van der Waals surface area contributed by atoms with Crippen LogP contribution < -0.4 is 11.1 Å². The van der Waals surface area contributed by atoms with Crippen molar-refractivity contribution in [3.05, 3.63) is 45.8 Å². The Labute approximate surface area is 129 Å². The van der Waals surface area contributed by atoms with Gasteiger partial charge in [-0.1, -0.05) is 23.2 Å². The first-order valence-electron chi connectivity index (χ1n) is 5.68. The Morgan fingerprint density at radius 2 is 2.00 bits per heavy atom. The molecular formula is C13H10Cl2FN3O2. The number of methoxy groups -OCH3 is 1. The highest BCUT2D eigenvalue weighted by molar-refractivity contribution is 6.39. The van der Waals surface area contributed by atoms with Gasteiger partial charge in [0.05, 0.1) is 34.1 Å². The fourth-order valence-corrected chi connectivity index (χ4v) is 2.20. The summed E-state index contributed by atoms with van der Waals surface area (Å²) in [5, 5.41) is 2.90. The Morgan fingerprint density at radius 3 is 2.57 bits per heavy atom. The van der Waals surface area contributed by atoms with Crippen LogP contribution in [0.2, 0.25) is 10.0 Å². The molecule has 0 spiro atoms. The van der Waals surface area contributed by atoms with Gasteiger partial charge in [-0.15, -0.1) is 0 Å². The van der Waals surface area contributed by atoms with Gasteiger partial charge < -0.3 is 15.8 Å². The largest absolute Gasteiger partial charge is 0.465 e. The molecule has 0 saturated heterocycles. The second-order valence-corrected chi connectivity index (χ2v) is 4.80. The number of halogens is 3. The summed E-state index contributed by atoms with van der Waals surface area (Å²) >= 11 is 11.8. The summed E-state index contributed by atoms with van der Waals surface area (Å²) in [6.45, 7) is 0. The number of anilines is 3. The molecule has 1 aromatic heterocycles. The summed E-state index contributed by atoms with van der Waals surface area (Å²) in [7, 11) is 1.24. The van der Waals surface area contributed by atoms with Crippen molar-refractivity contribution in [2.24, 2.45) is 0 Å². The summed E-state index contributed by atoms with van der Waals surface area (Å²) in [4.78, 5) is 15.6. The molecule has 0 amide bonds. The molecule has 2 rings (SSSR count). The third-order valence-electron chi connectivity index (χ3n) is 2.65. The van der Waals surface area contributed by atoms with E-state index in [2.05, 4.69) is 15.0 Å². The first-order valence-corrected chi connectivity index (χ1v) is 6.44. The topological polar surface area (TPSA) is 77.2 Å². The second-order valence-electron chi connectivity index (χ2n) is 3.98. The van der Waals surface area contributed by atoms with Gasteiger partial charge in [0.15, 0.2) is 5.82 Å². The summed E-state index contributed by atoms with van der Waals surface area (Å²) in [6.07, 6.45) is 1.37. The number of carbonyl (C=O) groups is 1. The van der Waals surface area contributed by atoms with E-state index in [0.717, 1.165) is 12.1 Å². The maximum absolute atomic E-state index is 13.1. The van der Waals surface area contributed by atoms with E-state index in [-0.39, 0.29) is 32.8 Å². The zero-order valence-corrected chi connectivity index (χ0v) is 12.3. The quantitative estimate of drug-likeness (QED) is 0.840. The number of nitrogen functional groups attached to an aromatic ring is 1. The lowest BCUT2D eigenvalue weighted by atomic mass is 10.2. The molecule has 5 nitrogen and oxygen atoms in total. The molecule has 2 aromatic rings. The van der Waals surface area contributed by atoms with Crippen molar-refractivity contribution in [2.75, 3.05) is 18.2 Å². The van der Waals surface area contributed by atoms with Gasteiger partial charge in [-0.25, -0.2) is 14.2 Å². The molecule has 110 valence electrons. The van der Waals surface area contributed by atoms with Crippen molar-refractivity contribution in [1.82, 2.24) is 4.98 Å². The van der Waals surface area contributed by atoms with Crippen LogP contribution in [-0.2, 0) is 4.74 Å². The molecule has 1 aromatic carbocycles. The molecule has 0 aliphatic rings. The molecule has 8 heteroatoms. The molecule has 0 atom stereocenters. The van der Waals surface area contributed by atoms with Gasteiger partial charge in [-0.05, 0) is 18.2 Å². The van der Waals surface area contributed by atoms with Crippen LogP contribution in [0, 0.1) is 5.82 Å². The van der Waals surface area contributed by atoms with E-state index in [9.17, 15) is 9.18 Å². The number of nitrogens with one attached hydrogen (secondary N) is 1. The first-order chi connectivity index (χ1) is 9.93. The van der Waals surface area contributed by atoms with Crippen molar-refractivity contribution in [2.45, 2.75) is 0 Å². The average molecular weight is 330 g/mol. The summed E-state index contributed by atoms with van der Waals surface area (Å²) in [5.41, 5.74) is 6.30. The predicted molar refractivity (Wildman–Crippen MR) is 79.7 cm³/mol. The number of hydrogen-bond acceptors (Lipinski definition) is 5. The Bertz CT molecular complexity index is 687. The van der Waals surface area contributed by atoms with E-state index in [0.29, 0.717) is 0 Å². The molecule has 0 fully saturated rings. The molecule has 0 bridgehead atoms. The van der Waals surface area contributed by atoms with E-state index in [1.54, 1.807) is 0 Å². The zero-order valence-electron chi connectivity index (χ0n) is 10.8. The number of ether oxygens (including phenoxy) is 1. The van der Waals surface area contributed by atoms with Crippen LogP contribution in [0.5, 0.6) is 0 Å². The molecule has 0 saturated carbocycles. The number of pyridine rings is 1. The summed E-state index contributed by atoms with van der Waals surface area (Å²) in [6, 6.07) is 3.60. The normalized spacial score (nSPS) is 10.3. The number of rotatable bonds is 3. The van der Waals surface area contributed by atoms with Gasteiger partial charge in [-0.2, -0.15) is 0 Å². The average Bonchev–Trinajstić information content (AvgIpc) is 2.43. The number of aromatic nitrogens is 1. The monoisotopic (exact) mass is 329 g/mol. The van der Waals surface area contributed by atoms with E-state index in [1.165, 1.54) is 19.4 Å². The van der Waals surface area contributed by atoms with E-state index in [4.69, 9.17) is 28.9 Å². The van der Waals surface area contributed by atoms with Crippen LogP contribution in [-0.4, -0.2) is 18.1 Å². The van der Waals surface area contributed by atoms with E-state index in [1.807, 2.05) is 0 Å². The molecule has 0 aliphatic heterocycles. The van der Waals surface area contributed by atoms with Crippen molar-refractivity contribution in [3.63, 3.8) is 0 Å². The molecule has 0 radical (unpaired) electrons. The van der Waals surface area contributed by atoms with Crippen LogP contribution in [0.3, 0.4) is 0 Å². The van der Waals surface area contributed by atoms with Gasteiger partial charge in [0.25, 0.3) is 0 Å². The minimum absolute atomic E-state index is 0.0599. The fourth-order valence-electron chi connectivity index (χ4n) is 1.64. The third kappa shape index (κ3) is 3.17. The Morgan fingerprint density at radius 1 is 1.38 bits per heavy atom. The molecule has 21 heavy (non-hydrogen) atoms. The van der Waals surface area contributed by atoms with Crippen LogP contribution in [0.15, 0.2) is 24.4 Å². The number of hydrogen-bond donors (Lipinski definition) is 2. The Hall–Kier alpha value is -2.05. The minimum atomic E-state index is -0.603. The van der Waals surface area contributed by atoms with Gasteiger partial charge >= 0.3 is 5.97 Å². The van der Waals surface area contributed by atoms with E-state index < -0.39 is 11.8 Å². The molecule has 0 unspecified atom stereocenters. The van der Waals surface area contributed by atoms with Gasteiger partial charge in [-0.3, -0.25) is 0 Å².